The molecule has 5 aromatic carbocycles. The first-order chi connectivity index (χ1) is 26.8. The second-order valence-electron chi connectivity index (χ2n) is 21.7. The summed E-state index contributed by atoms with van der Waals surface area (Å²) in [5.74, 6) is 0. The Morgan fingerprint density at radius 3 is 1.72 bits per heavy atom. The van der Waals surface area contributed by atoms with Gasteiger partial charge in [-0.2, -0.15) is 0 Å². The molecule has 10 rings (SSSR count). The standard InChI is InChI=1S/C53H59BN2S/c1-32-27-43-47-44(28-32)56(34-19-17-33(18-20-34)49(2,3)4)48-46(36-15-13-14-16-45(36)57-48)54(47)41-30-39-40(53(11,12)26-25-52(39,9)10)31-42(41)55(43)35-21-22-37-38(29-35)51(7,8)24-23-50(37,5)6/h13-22,27-31H,23-26H2,1-12H3. The van der Waals surface area contributed by atoms with Crippen molar-refractivity contribution >= 4 is 78.0 Å². The van der Waals surface area contributed by atoms with E-state index in [0.29, 0.717) is 0 Å². The monoisotopic (exact) mass is 766 g/mol. The molecule has 2 aliphatic heterocycles. The summed E-state index contributed by atoms with van der Waals surface area (Å²) in [7, 11) is 0. The molecule has 4 heteroatoms. The Bertz CT molecular complexity index is 2650. The van der Waals surface area contributed by atoms with Gasteiger partial charge < -0.3 is 9.80 Å². The molecule has 290 valence electrons. The van der Waals surface area contributed by atoms with Gasteiger partial charge in [0.05, 0.1) is 5.00 Å². The number of aryl methyl sites for hydroxylation is 1. The van der Waals surface area contributed by atoms with Crippen LogP contribution in [0.1, 0.15) is 135 Å². The van der Waals surface area contributed by atoms with Gasteiger partial charge in [-0.15, -0.1) is 11.3 Å². The van der Waals surface area contributed by atoms with E-state index in [1.54, 1.807) is 0 Å². The first-order valence-electron chi connectivity index (χ1n) is 21.5. The number of hydrogen-bond acceptors (Lipinski definition) is 3. The van der Waals surface area contributed by atoms with Gasteiger partial charge >= 0.3 is 0 Å². The summed E-state index contributed by atoms with van der Waals surface area (Å²) in [6, 6.07) is 36.4. The lowest BCUT2D eigenvalue weighted by atomic mass is 9.33. The highest BCUT2D eigenvalue weighted by atomic mass is 32.1. The summed E-state index contributed by atoms with van der Waals surface area (Å²) < 4.78 is 1.35. The van der Waals surface area contributed by atoms with Crippen LogP contribution >= 0.6 is 11.3 Å². The molecule has 3 heterocycles. The number of nitrogens with zero attached hydrogens (tertiary/aromatic N) is 2. The summed E-state index contributed by atoms with van der Waals surface area (Å²) in [5.41, 5.74) is 20.1. The van der Waals surface area contributed by atoms with Gasteiger partial charge in [0.25, 0.3) is 6.71 Å². The van der Waals surface area contributed by atoms with E-state index in [4.69, 9.17) is 0 Å². The smallest absolute Gasteiger partial charge is 0.254 e. The average Bonchev–Trinajstić information content (AvgIpc) is 3.53. The Balaban J connectivity index is 1.32. The molecule has 2 nitrogen and oxygen atoms in total. The molecule has 0 spiro atoms. The van der Waals surface area contributed by atoms with Gasteiger partial charge in [0.2, 0.25) is 0 Å². The van der Waals surface area contributed by atoms with E-state index in [2.05, 4.69) is 184 Å². The Hall–Kier alpha value is -4.28. The minimum absolute atomic E-state index is 0.0845. The molecule has 0 fully saturated rings. The van der Waals surface area contributed by atoms with Crippen molar-refractivity contribution in [3.8, 4) is 0 Å². The lowest BCUT2D eigenvalue weighted by Crippen LogP contribution is -2.61. The number of anilines is 6. The van der Waals surface area contributed by atoms with Crippen molar-refractivity contribution < 1.29 is 0 Å². The predicted molar refractivity (Wildman–Crippen MR) is 250 cm³/mol. The Labute approximate surface area is 346 Å². The molecule has 6 aromatic rings. The molecule has 0 radical (unpaired) electrons. The third-order valence-electron chi connectivity index (χ3n) is 14.8. The van der Waals surface area contributed by atoms with Gasteiger partial charge in [-0.05, 0) is 163 Å². The van der Waals surface area contributed by atoms with Crippen molar-refractivity contribution in [2.75, 3.05) is 9.80 Å². The second kappa shape index (κ2) is 11.9. The van der Waals surface area contributed by atoms with Crippen molar-refractivity contribution in [3.05, 3.63) is 124 Å². The van der Waals surface area contributed by atoms with Gasteiger partial charge in [-0.25, -0.2) is 0 Å². The molecule has 0 atom stereocenters. The van der Waals surface area contributed by atoms with Crippen LogP contribution in [0.15, 0.2) is 91.0 Å². The van der Waals surface area contributed by atoms with Crippen molar-refractivity contribution in [1.29, 1.82) is 0 Å². The third kappa shape index (κ3) is 5.41. The molecule has 2 aliphatic carbocycles. The zero-order valence-corrected chi connectivity index (χ0v) is 37.2. The summed E-state index contributed by atoms with van der Waals surface area (Å²) in [4.78, 5) is 5.30. The zero-order valence-electron chi connectivity index (χ0n) is 36.4. The van der Waals surface area contributed by atoms with Crippen LogP contribution in [0.25, 0.3) is 10.1 Å². The molecule has 0 unspecified atom stereocenters. The van der Waals surface area contributed by atoms with Crippen molar-refractivity contribution in [2.24, 2.45) is 0 Å². The fourth-order valence-corrected chi connectivity index (χ4v) is 12.3. The van der Waals surface area contributed by atoms with Crippen LogP contribution < -0.4 is 26.2 Å². The second-order valence-corrected chi connectivity index (χ2v) is 22.7. The third-order valence-corrected chi connectivity index (χ3v) is 16.0. The minimum atomic E-state index is 0.0845. The zero-order chi connectivity index (χ0) is 40.2. The molecule has 0 N–H and O–H groups in total. The van der Waals surface area contributed by atoms with Crippen molar-refractivity contribution in [1.82, 2.24) is 0 Å². The molecule has 57 heavy (non-hydrogen) atoms. The Kier molecular flexibility index (Phi) is 7.73. The first kappa shape index (κ1) is 37.0. The van der Waals surface area contributed by atoms with E-state index in [-0.39, 0.29) is 33.8 Å². The number of thiophene rings is 1. The molecule has 4 aliphatic rings. The predicted octanol–water partition coefficient (Wildman–Crippen LogP) is 13.3. The number of fused-ring (bicyclic) bond motifs is 8. The van der Waals surface area contributed by atoms with Crippen LogP contribution in [0.5, 0.6) is 0 Å². The summed E-state index contributed by atoms with van der Waals surface area (Å²) >= 11 is 1.96. The normalized spacial score (nSPS) is 19.4. The van der Waals surface area contributed by atoms with Crippen molar-refractivity contribution in [3.63, 3.8) is 0 Å². The van der Waals surface area contributed by atoms with Gasteiger partial charge in [0, 0.05) is 33.1 Å². The summed E-state index contributed by atoms with van der Waals surface area (Å²) in [6.07, 6.45) is 4.80. The van der Waals surface area contributed by atoms with Gasteiger partial charge in [0.15, 0.2) is 0 Å². The SMILES string of the molecule is Cc1cc2c3c(c1)N(c1ccc(C(C)(C)C)cc1)c1sc4ccccc4c1B3c1cc3c(cc1N2c1ccc2c(c1)C(C)(C)CCC2(C)C)C(C)(C)CCC3(C)C. The maximum absolute atomic E-state index is 2.69. The van der Waals surface area contributed by atoms with E-state index in [1.165, 1.54) is 119 Å². The Morgan fingerprint density at radius 1 is 0.544 bits per heavy atom. The molecule has 1 aromatic heterocycles. The van der Waals surface area contributed by atoms with E-state index in [0.717, 1.165) is 0 Å². The van der Waals surface area contributed by atoms with E-state index in [9.17, 15) is 0 Å². The van der Waals surface area contributed by atoms with Crippen molar-refractivity contribution in [2.45, 2.75) is 136 Å². The van der Waals surface area contributed by atoms with Crippen LogP contribution in [0.4, 0.5) is 33.4 Å². The van der Waals surface area contributed by atoms with Crippen LogP contribution in [-0.4, -0.2) is 6.71 Å². The molecule has 0 saturated heterocycles. The highest BCUT2D eigenvalue weighted by Crippen LogP contribution is 2.53. The first-order valence-corrected chi connectivity index (χ1v) is 22.3. The maximum atomic E-state index is 2.69. The Morgan fingerprint density at radius 2 is 1.09 bits per heavy atom. The summed E-state index contributed by atoms with van der Waals surface area (Å²) in [6.45, 7) is 29.1. The molecule has 0 saturated carbocycles. The van der Waals surface area contributed by atoms with E-state index >= 15 is 0 Å². The van der Waals surface area contributed by atoms with Crippen LogP contribution in [-0.2, 0) is 27.1 Å². The van der Waals surface area contributed by atoms with Gasteiger partial charge in [0.1, 0.15) is 0 Å². The highest BCUT2D eigenvalue weighted by Gasteiger charge is 2.48. The molecular weight excluding hydrogens is 707 g/mol. The lowest BCUT2D eigenvalue weighted by Gasteiger charge is -2.47. The largest absolute Gasteiger partial charge is 0.311 e. The maximum Gasteiger partial charge on any atom is 0.254 e. The van der Waals surface area contributed by atoms with Crippen LogP contribution in [0.2, 0.25) is 0 Å². The van der Waals surface area contributed by atoms with Crippen LogP contribution in [0, 0.1) is 6.92 Å². The average molecular weight is 767 g/mol. The number of rotatable bonds is 2. The summed E-state index contributed by atoms with van der Waals surface area (Å²) in [5, 5.41) is 2.73. The van der Waals surface area contributed by atoms with Crippen LogP contribution in [0.3, 0.4) is 0 Å². The van der Waals surface area contributed by atoms with Gasteiger partial charge in [-0.1, -0.05) is 119 Å². The number of hydrogen-bond donors (Lipinski definition) is 0. The lowest BCUT2D eigenvalue weighted by molar-refractivity contribution is 0.332. The quantitative estimate of drug-likeness (QED) is 0.162. The van der Waals surface area contributed by atoms with Gasteiger partial charge in [-0.3, -0.25) is 0 Å². The fourth-order valence-electron chi connectivity index (χ4n) is 11.0. The van der Waals surface area contributed by atoms with E-state index in [1.807, 2.05) is 11.3 Å². The van der Waals surface area contributed by atoms with E-state index < -0.39 is 0 Å². The molecular formula is C53H59BN2S. The molecule has 0 amide bonds. The fraction of sp³-hybridized carbons (Fsp3) is 0.396. The minimum Gasteiger partial charge on any atom is -0.311 e. The molecule has 0 bridgehead atoms. The highest BCUT2D eigenvalue weighted by molar-refractivity contribution is 7.26. The number of benzene rings is 5. The topological polar surface area (TPSA) is 6.48 Å².